The van der Waals surface area contributed by atoms with Gasteiger partial charge in [-0.05, 0) is 49.1 Å². The lowest BCUT2D eigenvalue weighted by Crippen LogP contribution is -2.30. The number of nitrogens with one attached hydrogen (secondary N) is 1. The number of hydrogen-bond donors (Lipinski definition) is 1. The highest BCUT2D eigenvalue weighted by Crippen LogP contribution is 2.16. The summed E-state index contributed by atoms with van der Waals surface area (Å²) in [5.74, 6) is -0.0357. The van der Waals surface area contributed by atoms with Crippen LogP contribution >= 0.6 is 11.3 Å². The van der Waals surface area contributed by atoms with Crippen LogP contribution in [0.1, 0.15) is 18.2 Å². The van der Waals surface area contributed by atoms with Crippen LogP contribution in [-0.4, -0.2) is 25.1 Å². The first-order valence-electron chi connectivity index (χ1n) is 7.25. The molecule has 0 aliphatic rings. The van der Waals surface area contributed by atoms with E-state index in [9.17, 15) is 9.59 Å². The molecule has 5 nitrogen and oxygen atoms in total. The predicted octanol–water partition coefficient (Wildman–Crippen LogP) is 3.26. The van der Waals surface area contributed by atoms with Gasteiger partial charge in [-0.25, -0.2) is 0 Å². The number of thiophene rings is 1. The second-order valence-electron chi connectivity index (χ2n) is 4.93. The highest BCUT2D eigenvalue weighted by Gasteiger charge is 2.18. The second kappa shape index (κ2) is 8.33. The van der Waals surface area contributed by atoms with Crippen LogP contribution in [-0.2, 0) is 20.7 Å². The Labute approximate surface area is 139 Å². The number of methoxy groups -OCH3 is 1. The zero-order valence-corrected chi connectivity index (χ0v) is 13.9. The number of esters is 1. The van der Waals surface area contributed by atoms with Gasteiger partial charge in [-0.15, -0.1) is 11.3 Å². The van der Waals surface area contributed by atoms with E-state index in [1.54, 1.807) is 49.6 Å². The summed E-state index contributed by atoms with van der Waals surface area (Å²) in [5, 5.41) is 4.66. The molecule has 0 saturated carbocycles. The van der Waals surface area contributed by atoms with Gasteiger partial charge in [0.25, 0.3) is 5.91 Å². The summed E-state index contributed by atoms with van der Waals surface area (Å²) in [4.78, 5) is 24.9. The Bertz CT molecular complexity index is 637. The van der Waals surface area contributed by atoms with Crippen molar-refractivity contribution in [1.29, 1.82) is 0 Å². The molecule has 1 N–H and O–H groups in total. The molecule has 1 atom stereocenters. The van der Waals surface area contributed by atoms with E-state index < -0.39 is 6.10 Å². The fourth-order valence-electron chi connectivity index (χ4n) is 1.91. The Morgan fingerprint density at radius 1 is 1.22 bits per heavy atom. The summed E-state index contributed by atoms with van der Waals surface area (Å²) in [7, 11) is 1.57. The molecule has 1 aromatic carbocycles. The Morgan fingerprint density at radius 3 is 2.57 bits per heavy atom. The molecule has 2 rings (SSSR count). The van der Waals surface area contributed by atoms with Gasteiger partial charge >= 0.3 is 5.97 Å². The number of carbonyl (C=O) groups excluding carboxylic acids is 2. The van der Waals surface area contributed by atoms with E-state index in [4.69, 9.17) is 9.47 Å². The van der Waals surface area contributed by atoms with Crippen molar-refractivity contribution >= 4 is 28.9 Å². The average Bonchev–Trinajstić information content (AvgIpc) is 3.07. The first-order chi connectivity index (χ1) is 11.1. The number of ether oxygens (including phenoxy) is 2. The minimum Gasteiger partial charge on any atom is -0.497 e. The van der Waals surface area contributed by atoms with Gasteiger partial charge in [-0.2, -0.15) is 0 Å². The first-order valence-corrected chi connectivity index (χ1v) is 8.13. The summed E-state index contributed by atoms with van der Waals surface area (Å²) in [5.41, 5.74) is 0.622. The van der Waals surface area contributed by atoms with Crippen LogP contribution in [0.5, 0.6) is 5.75 Å². The topological polar surface area (TPSA) is 64.6 Å². The molecule has 0 bridgehead atoms. The van der Waals surface area contributed by atoms with Crippen LogP contribution in [0.4, 0.5) is 5.69 Å². The van der Waals surface area contributed by atoms with E-state index in [1.807, 2.05) is 17.5 Å². The molecule has 1 aromatic heterocycles. The zero-order chi connectivity index (χ0) is 16.7. The fourth-order valence-corrected chi connectivity index (χ4v) is 2.62. The lowest BCUT2D eigenvalue weighted by atomic mass is 10.2. The van der Waals surface area contributed by atoms with Crippen LogP contribution in [0.3, 0.4) is 0 Å². The van der Waals surface area contributed by atoms with Crippen LogP contribution < -0.4 is 10.1 Å². The number of rotatable bonds is 7. The second-order valence-corrected chi connectivity index (χ2v) is 5.96. The molecule has 6 heteroatoms. The van der Waals surface area contributed by atoms with Crippen LogP contribution in [0.25, 0.3) is 0 Å². The molecule has 0 spiro atoms. The molecule has 0 radical (unpaired) electrons. The molecule has 122 valence electrons. The summed E-state index contributed by atoms with van der Waals surface area (Å²) in [6, 6.07) is 10.8. The monoisotopic (exact) mass is 333 g/mol. The number of anilines is 1. The smallest absolute Gasteiger partial charge is 0.306 e. The van der Waals surface area contributed by atoms with Gasteiger partial charge in [0, 0.05) is 10.6 Å². The van der Waals surface area contributed by atoms with E-state index in [2.05, 4.69) is 5.32 Å². The third-order valence-corrected chi connectivity index (χ3v) is 4.13. The molecule has 0 fully saturated rings. The van der Waals surface area contributed by atoms with Crippen molar-refractivity contribution in [1.82, 2.24) is 0 Å². The van der Waals surface area contributed by atoms with Gasteiger partial charge in [-0.3, -0.25) is 9.59 Å². The Balaban J connectivity index is 1.78. The maximum atomic E-state index is 12.0. The molecule has 1 amide bonds. The van der Waals surface area contributed by atoms with E-state index in [0.717, 1.165) is 4.88 Å². The zero-order valence-electron chi connectivity index (χ0n) is 13.1. The van der Waals surface area contributed by atoms with E-state index in [0.29, 0.717) is 17.9 Å². The first kappa shape index (κ1) is 17.0. The van der Waals surface area contributed by atoms with E-state index in [-0.39, 0.29) is 18.3 Å². The molecule has 0 aliphatic heterocycles. The summed E-state index contributed by atoms with van der Waals surface area (Å²) in [6.07, 6.45) is 0.0530. The number of benzene rings is 1. The van der Waals surface area contributed by atoms with Crippen molar-refractivity contribution in [3.8, 4) is 5.75 Å². The van der Waals surface area contributed by atoms with Crippen molar-refractivity contribution in [2.45, 2.75) is 25.9 Å². The maximum Gasteiger partial charge on any atom is 0.306 e. The third-order valence-electron chi connectivity index (χ3n) is 3.19. The molecular weight excluding hydrogens is 314 g/mol. The van der Waals surface area contributed by atoms with Gasteiger partial charge in [0.15, 0.2) is 6.10 Å². The molecular formula is C17H19NO4S. The Kier molecular flexibility index (Phi) is 6.17. The van der Waals surface area contributed by atoms with Crippen molar-refractivity contribution in [2.24, 2.45) is 0 Å². The SMILES string of the molecule is COc1ccc(NC(=O)[C@H](C)OC(=O)CCc2cccs2)cc1. The third kappa shape index (κ3) is 5.41. The lowest BCUT2D eigenvalue weighted by Gasteiger charge is -2.13. The van der Waals surface area contributed by atoms with Crippen molar-refractivity contribution in [3.05, 3.63) is 46.7 Å². The van der Waals surface area contributed by atoms with Crippen LogP contribution in [0, 0.1) is 0 Å². The van der Waals surface area contributed by atoms with Crippen molar-refractivity contribution in [3.63, 3.8) is 0 Å². The summed E-state index contributed by atoms with van der Waals surface area (Å²) < 4.78 is 10.2. The van der Waals surface area contributed by atoms with Gasteiger partial charge in [-0.1, -0.05) is 6.07 Å². The molecule has 0 saturated heterocycles. The standard InChI is InChI=1S/C17H19NO4S/c1-12(22-16(19)10-9-15-4-3-11-23-15)17(20)18-13-5-7-14(21-2)8-6-13/h3-8,11-12H,9-10H2,1-2H3,(H,18,20)/t12-/m0/s1. The molecule has 0 unspecified atom stereocenters. The molecule has 1 heterocycles. The number of carbonyl (C=O) groups is 2. The van der Waals surface area contributed by atoms with Gasteiger partial charge in [0.05, 0.1) is 13.5 Å². The largest absolute Gasteiger partial charge is 0.497 e. The lowest BCUT2D eigenvalue weighted by molar-refractivity contribution is -0.153. The van der Waals surface area contributed by atoms with E-state index >= 15 is 0 Å². The van der Waals surface area contributed by atoms with Crippen molar-refractivity contribution < 1.29 is 19.1 Å². The maximum absolute atomic E-state index is 12.0. The Morgan fingerprint density at radius 2 is 1.96 bits per heavy atom. The van der Waals surface area contributed by atoms with Gasteiger partial charge < -0.3 is 14.8 Å². The quantitative estimate of drug-likeness (QED) is 0.790. The number of amides is 1. The molecule has 23 heavy (non-hydrogen) atoms. The fraction of sp³-hybridized carbons (Fsp3) is 0.294. The van der Waals surface area contributed by atoms with Crippen LogP contribution in [0.15, 0.2) is 41.8 Å². The minimum absolute atomic E-state index is 0.265. The van der Waals surface area contributed by atoms with E-state index in [1.165, 1.54) is 0 Å². The molecule has 0 aliphatic carbocycles. The summed E-state index contributed by atoms with van der Waals surface area (Å²) >= 11 is 1.60. The van der Waals surface area contributed by atoms with Gasteiger partial charge in [0.1, 0.15) is 5.75 Å². The highest BCUT2D eigenvalue weighted by molar-refractivity contribution is 7.09. The minimum atomic E-state index is -0.840. The normalized spacial score (nSPS) is 11.6. The highest BCUT2D eigenvalue weighted by atomic mass is 32.1. The van der Waals surface area contributed by atoms with Crippen molar-refractivity contribution in [2.75, 3.05) is 12.4 Å². The Hall–Kier alpha value is -2.34. The predicted molar refractivity (Wildman–Crippen MR) is 89.8 cm³/mol. The average molecular weight is 333 g/mol. The number of aryl methyl sites for hydroxylation is 1. The van der Waals surface area contributed by atoms with Gasteiger partial charge in [0.2, 0.25) is 0 Å². The number of hydrogen-bond acceptors (Lipinski definition) is 5. The summed E-state index contributed by atoms with van der Waals surface area (Å²) in [6.45, 7) is 1.56. The van der Waals surface area contributed by atoms with Crippen LogP contribution in [0.2, 0.25) is 0 Å². The molecule has 2 aromatic rings.